The van der Waals surface area contributed by atoms with Gasteiger partial charge >= 0.3 is 0 Å². The summed E-state index contributed by atoms with van der Waals surface area (Å²) in [5.41, 5.74) is 6.66. The van der Waals surface area contributed by atoms with E-state index in [1.165, 1.54) is 12.8 Å². The summed E-state index contributed by atoms with van der Waals surface area (Å²) in [6.45, 7) is 1.02. The molecule has 0 bridgehead atoms. The van der Waals surface area contributed by atoms with E-state index < -0.39 is 0 Å². The van der Waals surface area contributed by atoms with Gasteiger partial charge in [-0.1, -0.05) is 12.5 Å². The molecule has 1 atom stereocenters. The molecule has 76 valence electrons. The molecule has 0 saturated carbocycles. The molecular weight excluding hydrogens is 179 g/mol. The lowest BCUT2D eigenvalue weighted by Gasteiger charge is -2.23. The average molecular weight is 194 g/mol. The van der Waals surface area contributed by atoms with Crippen LogP contribution in [0.15, 0.2) is 18.2 Å². The Morgan fingerprint density at radius 2 is 2.21 bits per heavy atom. The predicted octanol–water partition coefficient (Wildman–Crippen LogP) is 2.22. The highest BCUT2D eigenvalue weighted by Gasteiger charge is 2.15. The van der Waals surface area contributed by atoms with E-state index in [1.54, 1.807) is 12.1 Å². The van der Waals surface area contributed by atoms with Crippen LogP contribution in [0.4, 0.5) is 10.1 Å². The summed E-state index contributed by atoms with van der Waals surface area (Å²) >= 11 is 0. The number of rotatable bonds is 1. The summed E-state index contributed by atoms with van der Waals surface area (Å²) < 4.78 is 13.2. The largest absolute Gasteiger partial charge is 0.396 e. The van der Waals surface area contributed by atoms with E-state index in [0.29, 0.717) is 6.04 Å². The van der Waals surface area contributed by atoms with Crippen LogP contribution in [0.5, 0.6) is 0 Å². The number of halogens is 1. The Kier molecular flexibility index (Phi) is 2.68. The molecule has 2 nitrogen and oxygen atoms in total. The van der Waals surface area contributed by atoms with E-state index in [2.05, 4.69) is 5.32 Å². The summed E-state index contributed by atoms with van der Waals surface area (Å²) in [6.07, 6.45) is 3.51. The van der Waals surface area contributed by atoms with E-state index in [9.17, 15) is 4.39 Å². The van der Waals surface area contributed by atoms with Crippen molar-refractivity contribution < 1.29 is 4.39 Å². The van der Waals surface area contributed by atoms with Crippen molar-refractivity contribution in [2.45, 2.75) is 25.3 Å². The second-order valence-corrected chi connectivity index (χ2v) is 3.78. The third-order valence-corrected chi connectivity index (χ3v) is 2.74. The Labute approximate surface area is 83.3 Å². The molecule has 1 aromatic rings. The summed E-state index contributed by atoms with van der Waals surface area (Å²) in [5, 5.41) is 3.37. The molecule has 1 heterocycles. The number of nitrogens with one attached hydrogen (secondary N) is 1. The predicted molar refractivity (Wildman–Crippen MR) is 55.4 cm³/mol. The smallest absolute Gasteiger partial charge is 0.146 e. The second-order valence-electron chi connectivity index (χ2n) is 3.78. The van der Waals surface area contributed by atoms with E-state index >= 15 is 0 Å². The molecule has 0 unspecified atom stereocenters. The SMILES string of the molecule is Nc1ccc([C@H]2CCCCN2)cc1F. The van der Waals surface area contributed by atoms with Crippen LogP contribution in [-0.2, 0) is 0 Å². The average Bonchev–Trinajstić information content (AvgIpc) is 2.23. The van der Waals surface area contributed by atoms with Crippen LogP contribution < -0.4 is 11.1 Å². The summed E-state index contributed by atoms with van der Waals surface area (Å²) in [5.74, 6) is -0.310. The molecule has 14 heavy (non-hydrogen) atoms. The van der Waals surface area contributed by atoms with Gasteiger partial charge in [-0.05, 0) is 37.1 Å². The molecule has 0 aliphatic carbocycles. The van der Waals surface area contributed by atoms with Gasteiger partial charge in [0.15, 0.2) is 0 Å². The first kappa shape index (κ1) is 9.46. The molecule has 3 N–H and O–H groups in total. The van der Waals surface area contributed by atoms with Crippen LogP contribution in [0.1, 0.15) is 30.9 Å². The van der Waals surface area contributed by atoms with Crippen LogP contribution >= 0.6 is 0 Å². The van der Waals surface area contributed by atoms with Gasteiger partial charge in [-0.3, -0.25) is 0 Å². The van der Waals surface area contributed by atoms with E-state index in [-0.39, 0.29) is 11.5 Å². The van der Waals surface area contributed by atoms with Crippen molar-refractivity contribution in [1.82, 2.24) is 5.32 Å². The number of nitrogens with two attached hydrogens (primary N) is 1. The van der Waals surface area contributed by atoms with Gasteiger partial charge in [-0.25, -0.2) is 4.39 Å². The molecule has 0 amide bonds. The highest BCUT2D eigenvalue weighted by atomic mass is 19.1. The lowest BCUT2D eigenvalue weighted by Crippen LogP contribution is -2.26. The van der Waals surface area contributed by atoms with E-state index in [4.69, 9.17) is 5.73 Å². The molecule has 1 aromatic carbocycles. The molecule has 0 radical (unpaired) electrons. The van der Waals surface area contributed by atoms with Crippen molar-refractivity contribution >= 4 is 5.69 Å². The molecule has 1 aliphatic rings. The maximum atomic E-state index is 13.2. The minimum absolute atomic E-state index is 0.226. The van der Waals surface area contributed by atoms with E-state index in [1.807, 2.05) is 6.07 Å². The fourth-order valence-corrected chi connectivity index (χ4v) is 1.90. The number of anilines is 1. The van der Waals surface area contributed by atoms with Gasteiger partial charge < -0.3 is 11.1 Å². The lowest BCUT2D eigenvalue weighted by atomic mass is 9.97. The third kappa shape index (κ3) is 1.87. The lowest BCUT2D eigenvalue weighted by molar-refractivity contribution is 0.411. The zero-order chi connectivity index (χ0) is 9.97. The first-order valence-electron chi connectivity index (χ1n) is 5.05. The monoisotopic (exact) mass is 194 g/mol. The van der Waals surface area contributed by atoms with Crippen LogP contribution in [0, 0.1) is 5.82 Å². The fraction of sp³-hybridized carbons (Fsp3) is 0.455. The van der Waals surface area contributed by atoms with Gasteiger partial charge in [0.2, 0.25) is 0 Å². The molecule has 0 spiro atoms. The number of hydrogen-bond acceptors (Lipinski definition) is 2. The van der Waals surface area contributed by atoms with Gasteiger partial charge in [-0.15, -0.1) is 0 Å². The minimum atomic E-state index is -0.310. The summed E-state index contributed by atoms with van der Waals surface area (Å²) in [7, 11) is 0. The first-order chi connectivity index (χ1) is 6.77. The molecular formula is C11H15FN2. The van der Waals surface area contributed by atoms with Crippen molar-refractivity contribution in [3.63, 3.8) is 0 Å². The van der Waals surface area contributed by atoms with Gasteiger partial charge in [0.05, 0.1) is 5.69 Å². The highest BCUT2D eigenvalue weighted by molar-refractivity contribution is 5.42. The maximum absolute atomic E-state index is 13.2. The van der Waals surface area contributed by atoms with Crippen molar-refractivity contribution in [3.8, 4) is 0 Å². The van der Waals surface area contributed by atoms with Gasteiger partial charge in [-0.2, -0.15) is 0 Å². The van der Waals surface area contributed by atoms with Gasteiger partial charge in [0.25, 0.3) is 0 Å². The maximum Gasteiger partial charge on any atom is 0.146 e. The Balaban J connectivity index is 2.18. The number of hydrogen-bond donors (Lipinski definition) is 2. The summed E-state index contributed by atoms with van der Waals surface area (Å²) in [6, 6.07) is 5.39. The highest BCUT2D eigenvalue weighted by Crippen LogP contribution is 2.24. The molecule has 3 heteroatoms. The van der Waals surface area contributed by atoms with Crippen molar-refractivity contribution in [2.24, 2.45) is 0 Å². The van der Waals surface area contributed by atoms with Crippen molar-refractivity contribution in [1.29, 1.82) is 0 Å². The quantitative estimate of drug-likeness (QED) is 0.673. The molecule has 1 fully saturated rings. The topological polar surface area (TPSA) is 38.0 Å². The standard InChI is InChI=1S/C11H15FN2/c12-9-7-8(4-5-10(9)13)11-3-1-2-6-14-11/h4-5,7,11,14H,1-3,6,13H2/t11-/m1/s1. The zero-order valence-electron chi connectivity index (χ0n) is 8.09. The minimum Gasteiger partial charge on any atom is -0.396 e. The first-order valence-corrected chi connectivity index (χ1v) is 5.05. The molecule has 2 rings (SSSR count). The number of nitrogen functional groups attached to an aromatic ring is 1. The normalized spacial score (nSPS) is 22.2. The molecule has 1 saturated heterocycles. The zero-order valence-corrected chi connectivity index (χ0v) is 8.09. The molecule has 0 aromatic heterocycles. The third-order valence-electron chi connectivity index (χ3n) is 2.74. The summed E-state index contributed by atoms with van der Waals surface area (Å²) in [4.78, 5) is 0. The second kappa shape index (κ2) is 3.96. The Morgan fingerprint density at radius 3 is 2.86 bits per heavy atom. The van der Waals surface area contributed by atoms with Gasteiger partial charge in [0, 0.05) is 6.04 Å². The fourth-order valence-electron chi connectivity index (χ4n) is 1.90. The number of benzene rings is 1. The van der Waals surface area contributed by atoms with E-state index in [0.717, 1.165) is 18.5 Å². The van der Waals surface area contributed by atoms with Crippen LogP contribution in [0.3, 0.4) is 0 Å². The van der Waals surface area contributed by atoms with Crippen LogP contribution in [0.25, 0.3) is 0 Å². The van der Waals surface area contributed by atoms with Gasteiger partial charge in [0.1, 0.15) is 5.82 Å². The molecule has 1 aliphatic heterocycles. The number of piperidine rings is 1. The van der Waals surface area contributed by atoms with Crippen LogP contribution in [0.2, 0.25) is 0 Å². The van der Waals surface area contributed by atoms with Crippen molar-refractivity contribution in [3.05, 3.63) is 29.6 Å². The Hall–Kier alpha value is -1.09. The van der Waals surface area contributed by atoms with Crippen LogP contribution in [-0.4, -0.2) is 6.54 Å². The Morgan fingerprint density at radius 1 is 1.36 bits per heavy atom. The Bertz CT molecular complexity index is 319. The van der Waals surface area contributed by atoms with Crippen molar-refractivity contribution in [2.75, 3.05) is 12.3 Å².